The fourth-order valence-electron chi connectivity index (χ4n) is 1.35. The molecule has 1 saturated carbocycles. The fraction of sp³-hybridized carbons (Fsp3) is 0.455. The highest BCUT2D eigenvalue weighted by Gasteiger charge is 2.20. The number of hydrogen-bond donors (Lipinski definition) is 1. The number of pyridine rings is 1. The Labute approximate surface area is 94.6 Å². The first-order valence-electron chi connectivity index (χ1n) is 5.14. The SMILES string of the molecule is NC(=S)c1ccc(OCCC2CC2)nc1. The van der Waals surface area contributed by atoms with E-state index in [-0.39, 0.29) is 0 Å². The predicted octanol–water partition coefficient (Wildman–Crippen LogP) is 1.89. The van der Waals surface area contributed by atoms with Crippen molar-refractivity contribution >= 4 is 17.2 Å². The molecule has 4 heteroatoms. The standard InChI is InChI=1S/C11H14N2OS/c12-11(15)9-3-4-10(13-7-9)14-6-5-8-1-2-8/h3-4,7-8H,1-2,5-6H2,(H2,12,15). The Bertz CT molecular complexity index is 346. The lowest BCUT2D eigenvalue weighted by atomic mass is 10.3. The number of rotatable bonds is 5. The van der Waals surface area contributed by atoms with Crippen molar-refractivity contribution in [2.45, 2.75) is 19.3 Å². The van der Waals surface area contributed by atoms with Crippen LogP contribution in [0.15, 0.2) is 18.3 Å². The molecule has 0 aliphatic heterocycles. The largest absolute Gasteiger partial charge is 0.478 e. The van der Waals surface area contributed by atoms with Gasteiger partial charge in [-0.2, -0.15) is 0 Å². The third-order valence-corrected chi connectivity index (χ3v) is 2.73. The monoisotopic (exact) mass is 222 g/mol. The molecule has 0 saturated heterocycles. The molecule has 3 nitrogen and oxygen atoms in total. The average Bonchev–Trinajstić information content (AvgIpc) is 3.02. The van der Waals surface area contributed by atoms with Gasteiger partial charge in [0.15, 0.2) is 0 Å². The van der Waals surface area contributed by atoms with Gasteiger partial charge in [-0.05, 0) is 18.4 Å². The van der Waals surface area contributed by atoms with Crippen LogP contribution in [0.5, 0.6) is 5.88 Å². The van der Waals surface area contributed by atoms with E-state index < -0.39 is 0 Å². The number of nitrogens with zero attached hydrogens (tertiary/aromatic N) is 1. The van der Waals surface area contributed by atoms with E-state index in [4.69, 9.17) is 22.7 Å². The molecule has 0 aromatic carbocycles. The third-order valence-electron chi connectivity index (χ3n) is 2.49. The molecular formula is C11H14N2OS. The Kier molecular flexibility index (Phi) is 3.16. The van der Waals surface area contributed by atoms with Gasteiger partial charge in [0.05, 0.1) is 6.61 Å². The molecule has 0 atom stereocenters. The number of thiocarbonyl (C=S) groups is 1. The molecule has 1 aromatic rings. The zero-order valence-corrected chi connectivity index (χ0v) is 9.30. The van der Waals surface area contributed by atoms with Crippen molar-refractivity contribution in [1.82, 2.24) is 4.98 Å². The maximum atomic E-state index is 5.50. The quantitative estimate of drug-likeness (QED) is 0.773. The number of hydrogen-bond acceptors (Lipinski definition) is 3. The molecule has 1 heterocycles. The van der Waals surface area contributed by atoms with E-state index in [2.05, 4.69) is 4.98 Å². The Morgan fingerprint density at radius 3 is 2.87 bits per heavy atom. The first kappa shape index (κ1) is 10.4. The van der Waals surface area contributed by atoms with Gasteiger partial charge in [0.2, 0.25) is 5.88 Å². The molecule has 1 aliphatic rings. The first-order valence-corrected chi connectivity index (χ1v) is 5.55. The minimum atomic E-state index is 0.368. The molecular weight excluding hydrogens is 208 g/mol. The van der Waals surface area contributed by atoms with E-state index in [1.165, 1.54) is 12.8 Å². The summed E-state index contributed by atoms with van der Waals surface area (Å²) in [4.78, 5) is 4.50. The van der Waals surface area contributed by atoms with Crippen LogP contribution in [-0.2, 0) is 0 Å². The minimum Gasteiger partial charge on any atom is -0.478 e. The van der Waals surface area contributed by atoms with Crippen LogP contribution in [0.25, 0.3) is 0 Å². The van der Waals surface area contributed by atoms with Crippen molar-refractivity contribution in [2.24, 2.45) is 11.7 Å². The van der Waals surface area contributed by atoms with Gasteiger partial charge in [-0.1, -0.05) is 25.1 Å². The molecule has 0 radical (unpaired) electrons. The summed E-state index contributed by atoms with van der Waals surface area (Å²) < 4.78 is 5.50. The lowest BCUT2D eigenvalue weighted by molar-refractivity contribution is 0.291. The van der Waals surface area contributed by atoms with E-state index >= 15 is 0 Å². The molecule has 1 fully saturated rings. The predicted molar refractivity (Wildman–Crippen MR) is 63.0 cm³/mol. The van der Waals surface area contributed by atoms with Crippen molar-refractivity contribution in [3.05, 3.63) is 23.9 Å². The van der Waals surface area contributed by atoms with Gasteiger partial charge >= 0.3 is 0 Å². The van der Waals surface area contributed by atoms with Crippen LogP contribution in [0.3, 0.4) is 0 Å². The van der Waals surface area contributed by atoms with Crippen molar-refractivity contribution in [2.75, 3.05) is 6.61 Å². The summed E-state index contributed by atoms with van der Waals surface area (Å²) in [6.07, 6.45) is 5.50. The maximum absolute atomic E-state index is 5.50. The first-order chi connectivity index (χ1) is 7.25. The Balaban J connectivity index is 1.83. The van der Waals surface area contributed by atoms with Crippen molar-refractivity contribution in [3.63, 3.8) is 0 Å². The lowest BCUT2D eigenvalue weighted by Crippen LogP contribution is -2.09. The minimum absolute atomic E-state index is 0.368. The molecule has 1 aliphatic carbocycles. The van der Waals surface area contributed by atoms with Gasteiger partial charge in [0.1, 0.15) is 4.99 Å². The van der Waals surface area contributed by atoms with E-state index in [0.29, 0.717) is 10.9 Å². The van der Waals surface area contributed by atoms with Gasteiger partial charge in [0, 0.05) is 17.8 Å². The lowest BCUT2D eigenvalue weighted by Gasteiger charge is -2.04. The highest BCUT2D eigenvalue weighted by Crippen LogP contribution is 2.32. The van der Waals surface area contributed by atoms with Crippen molar-refractivity contribution < 1.29 is 4.74 Å². The molecule has 2 N–H and O–H groups in total. The zero-order chi connectivity index (χ0) is 10.7. The molecule has 80 valence electrons. The van der Waals surface area contributed by atoms with Gasteiger partial charge in [-0.15, -0.1) is 0 Å². The summed E-state index contributed by atoms with van der Waals surface area (Å²) >= 11 is 4.83. The molecule has 2 rings (SSSR count). The van der Waals surface area contributed by atoms with Crippen LogP contribution < -0.4 is 10.5 Å². The van der Waals surface area contributed by atoms with Crippen LogP contribution in [0.2, 0.25) is 0 Å². The summed E-state index contributed by atoms with van der Waals surface area (Å²) in [7, 11) is 0. The zero-order valence-electron chi connectivity index (χ0n) is 8.48. The maximum Gasteiger partial charge on any atom is 0.213 e. The Hall–Kier alpha value is -1.16. The van der Waals surface area contributed by atoms with E-state index in [1.807, 2.05) is 6.07 Å². The molecule has 0 amide bonds. The molecule has 0 unspecified atom stereocenters. The third kappa shape index (κ3) is 3.16. The average molecular weight is 222 g/mol. The fourth-order valence-corrected chi connectivity index (χ4v) is 1.47. The molecule has 15 heavy (non-hydrogen) atoms. The summed E-state index contributed by atoms with van der Waals surface area (Å²) in [5.41, 5.74) is 6.24. The van der Waals surface area contributed by atoms with Crippen LogP contribution in [0.1, 0.15) is 24.8 Å². The van der Waals surface area contributed by atoms with Crippen LogP contribution >= 0.6 is 12.2 Å². The topological polar surface area (TPSA) is 48.1 Å². The number of nitrogens with two attached hydrogens (primary N) is 1. The van der Waals surface area contributed by atoms with Gasteiger partial charge in [0.25, 0.3) is 0 Å². The number of aromatic nitrogens is 1. The smallest absolute Gasteiger partial charge is 0.213 e. The second kappa shape index (κ2) is 4.57. The van der Waals surface area contributed by atoms with E-state index in [1.54, 1.807) is 12.3 Å². The second-order valence-corrected chi connectivity index (χ2v) is 4.27. The van der Waals surface area contributed by atoms with Gasteiger partial charge in [-0.3, -0.25) is 0 Å². The highest BCUT2D eigenvalue weighted by molar-refractivity contribution is 7.80. The summed E-state index contributed by atoms with van der Waals surface area (Å²) in [5, 5.41) is 0. The van der Waals surface area contributed by atoms with Gasteiger partial charge < -0.3 is 10.5 Å². The molecule has 0 spiro atoms. The highest BCUT2D eigenvalue weighted by atomic mass is 32.1. The number of ether oxygens (including phenoxy) is 1. The Morgan fingerprint density at radius 2 is 2.33 bits per heavy atom. The van der Waals surface area contributed by atoms with Crippen LogP contribution in [-0.4, -0.2) is 16.6 Å². The second-order valence-electron chi connectivity index (χ2n) is 3.83. The van der Waals surface area contributed by atoms with Gasteiger partial charge in [-0.25, -0.2) is 4.98 Å². The molecule has 1 aromatic heterocycles. The van der Waals surface area contributed by atoms with E-state index in [0.717, 1.165) is 24.5 Å². The molecule has 0 bridgehead atoms. The van der Waals surface area contributed by atoms with Crippen LogP contribution in [0, 0.1) is 5.92 Å². The summed E-state index contributed by atoms with van der Waals surface area (Å²) in [5.74, 6) is 1.54. The van der Waals surface area contributed by atoms with Crippen LogP contribution in [0.4, 0.5) is 0 Å². The van der Waals surface area contributed by atoms with E-state index in [9.17, 15) is 0 Å². The normalized spacial score (nSPS) is 14.9. The van der Waals surface area contributed by atoms with Crippen molar-refractivity contribution in [1.29, 1.82) is 0 Å². The van der Waals surface area contributed by atoms with Crippen molar-refractivity contribution in [3.8, 4) is 5.88 Å². The Morgan fingerprint density at radius 1 is 1.53 bits per heavy atom. The summed E-state index contributed by atoms with van der Waals surface area (Å²) in [6, 6.07) is 3.64. The summed E-state index contributed by atoms with van der Waals surface area (Å²) in [6.45, 7) is 0.754.